The number of aliphatic hydroxyl groups excluding tert-OH is 1. The number of anilines is 1. The van der Waals surface area contributed by atoms with Gasteiger partial charge in [0.25, 0.3) is 0 Å². The van der Waals surface area contributed by atoms with Crippen molar-refractivity contribution in [1.29, 1.82) is 5.26 Å². The van der Waals surface area contributed by atoms with Crippen LogP contribution in [-0.2, 0) is 0 Å². The van der Waals surface area contributed by atoms with Crippen LogP contribution >= 0.6 is 0 Å². The summed E-state index contributed by atoms with van der Waals surface area (Å²) in [5.41, 5.74) is 0.544. The molecule has 4 heteroatoms. The molecule has 1 N–H and O–H groups in total. The smallest absolute Gasteiger partial charge is 0.146 e. The van der Waals surface area contributed by atoms with Gasteiger partial charge in [0.2, 0.25) is 0 Å². The van der Waals surface area contributed by atoms with Crippen LogP contribution in [0.15, 0.2) is 18.3 Å². The summed E-state index contributed by atoms with van der Waals surface area (Å²) in [5.74, 6) is 0.645. The number of hydrogen-bond donors (Lipinski definition) is 1. The number of nitriles is 1. The van der Waals surface area contributed by atoms with Gasteiger partial charge in [-0.05, 0) is 19.1 Å². The van der Waals surface area contributed by atoms with Gasteiger partial charge in [-0.1, -0.05) is 0 Å². The number of hydrogen-bond acceptors (Lipinski definition) is 4. The van der Waals surface area contributed by atoms with Crippen molar-refractivity contribution in [2.75, 3.05) is 24.6 Å². The summed E-state index contributed by atoms with van der Waals surface area (Å²) in [6.07, 6.45) is 1.65. The van der Waals surface area contributed by atoms with Crippen molar-refractivity contribution >= 4 is 5.82 Å². The van der Waals surface area contributed by atoms with Crippen LogP contribution in [0.3, 0.4) is 0 Å². The maximum atomic E-state index is 8.85. The summed E-state index contributed by atoms with van der Waals surface area (Å²) in [7, 11) is 0. The van der Waals surface area contributed by atoms with E-state index in [-0.39, 0.29) is 6.61 Å². The van der Waals surface area contributed by atoms with Gasteiger partial charge in [-0.25, -0.2) is 4.98 Å². The monoisotopic (exact) mass is 191 g/mol. The van der Waals surface area contributed by atoms with Gasteiger partial charge < -0.3 is 10.0 Å². The Kier molecular flexibility index (Phi) is 3.89. The van der Waals surface area contributed by atoms with E-state index in [1.54, 1.807) is 18.3 Å². The van der Waals surface area contributed by atoms with Gasteiger partial charge in [0.1, 0.15) is 11.9 Å². The van der Waals surface area contributed by atoms with E-state index in [0.29, 0.717) is 17.9 Å². The molecule has 0 aliphatic carbocycles. The molecule has 0 saturated heterocycles. The molecule has 0 aliphatic heterocycles. The third-order valence-electron chi connectivity index (χ3n) is 1.96. The number of aromatic nitrogens is 1. The molecule has 14 heavy (non-hydrogen) atoms. The topological polar surface area (TPSA) is 60.1 Å². The van der Waals surface area contributed by atoms with Gasteiger partial charge in [-0.3, -0.25) is 0 Å². The molecular weight excluding hydrogens is 178 g/mol. The third-order valence-corrected chi connectivity index (χ3v) is 1.96. The van der Waals surface area contributed by atoms with Crippen molar-refractivity contribution in [3.8, 4) is 6.07 Å². The van der Waals surface area contributed by atoms with E-state index in [4.69, 9.17) is 10.4 Å². The molecule has 0 atom stereocenters. The molecule has 1 aromatic rings. The number of aliphatic hydroxyl groups is 1. The Morgan fingerprint density at radius 3 is 3.00 bits per heavy atom. The standard InChI is InChI=1S/C10H13N3O/c1-2-13(6-7-14)10-9(8-11)4-3-5-12-10/h3-5,14H,2,6-7H2,1H3. The molecule has 0 spiro atoms. The maximum Gasteiger partial charge on any atom is 0.146 e. The molecule has 0 aliphatic rings. The highest BCUT2D eigenvalue weighted by Gasteiger charge is 2.09. The van der Waals surface area contributed by atoms with Crippen LogP contribution in [-0.4, -0.2) is 29.8 Å². The highest BCUT2D eigenvalue weighted by molar-refractivity contribution is 5.53. The molecule has 0 bridgehead atoms. The van der Waals surface area contributed by atoms with Crippen molar-refractivity contribution in [2.45, 2.75) is 6.92 Å². The summed E-state index contributed by atoms with van der Waals surface area (Å²) >= 11 is 0. The first-order valence-corrected chi connectivity index (χ1v) is 4.54. The lowest BCUT2D eigenvalue weighted by molar-refractivity contribution is 0.302. The minimum Gasteiger partial charge on any atom is -0.395 e. The zero-order chi connectivity index (χ0) is 10.4. The molecule has 0 saturated carbocycles. The third kappa shape index (κ3) is 2.21. The first-order valence-electron chi connectivity index (χ1n) is 4.54. The Hall–Kier alpha value is -1.60. The largest absolute Gasteiger partial charge is 0.395 e. The Morgan fingerprint density at radius 2 is 2.43 bits per heavy atom. The summed E-state index contributed by atoms with van der Waals surface area (Å²) in [6, 6.07) is 5.54. The Bertz CT molecular complexity index is 332. The van der Waals surface area contributed by atoms with Crippen LogP contribution < -0.4 is 4.90 Å². The molecule has 1 heterocycles. The van der Waals surface area contributed by atoms with E-state index in [9.17, 15) is 0 Å². The van der Waals surface area contributed by atoms with Gasteiger partial charge in [0, 0.05) is 19.3 Å². The van der Waals surface area contributed by atoms with Crippen molar-refractivity contribution < 1.29 is 5.11 Å². The lowest BCUT2D eigenvalue weighted by Gasteiger charge is -2.21. The van der Waals surface area contributed by atoms with E-state index in [2.05, 4.69) is 11.1 Å². The maximum absolute atomic E-state index is 8.85. The fourth-order valence-corrected chi connectivity index (χ4v) is 1.27. The number of rotatable bonds is 4. The predicted octanol–water partition coefficient (Wildman–Crippen LogP) is 0.772. The average molecular weight is 191 g/mol. The second-order valence-electron chi connectivity index (χ2n) is 2.79. The summed E-state index contributed by atoms with van der Waals surface area (Å²) in [5, 5.41) is 17.7. The summed E-state index contributed by atoms with van der Waals surface area (Å²) in [4.78, 5) is 6.01. The summed E-state index contributed by atoms with van der Waals surface area (Å²) in [6.45, 7) is 3.26. The molecule has 0 amide bonds. The number of likely N-dealkylation sites (N-methyl/N-ethyl adjacent to an activating group) is 1. The van der Waals surface area contributed by atoms with Crippen LogP contribution in [0.5, 0.6) is 0 Å². The van der Waals surface area contributed by atoms with Crippen LogP contribution in [0, 0.1) is 11.3 Å². The molecule has 0 fully saturated rings. The lowest BCUT2D eigenvalue weighted by atomic mass is 10.2. The average Bonchev–Trinajstić information content (AvgIpc) is 2.26. The number of nitrogens with zero attached hydrogens (tertiary/aromatic N) is 3. The highest BCUT2D eigenvalue weighted by atomic mass is 16.3. The van der Waals surface area contributed by atoms with E-state index >= 15 is 0 Å². The molecule has 74 valence electrons. The second-order valence-corrected chi connectivity index (χ2v) is 2.79. The quantitative estimate of drug-likeness (QED) is 0.763. The van der Waals surface area contributed by atoms with Crippen molar-refractivity contribution in [3.05, 3.63) is 23.9 Å². The van der Waals surface area contributed by atoms with Gasteiger partial charge in [-0.2, -0.15) is 5.26 Å². The SMILES string of the molecule is CCN(CCO)c1ncccc1C#N. The van der Waals surface area contributed by atoms with E-state index in [0.717, 1.165) is 6.54 Å². The van der Waals surface area contributed by atoms with Gasteiger partial charge in [-0.15, -0.1) is 0 Å². The minimum atomic E-state index is 0.0648. The Balaban J connectivity index is 2.97. The van der Waals surface area contributed by atoms with Gasteiger partial charge in [0.05, 0.1) is 12.2 Å². The predicted molar refractivity (Wildman–Crippen MR) is 53.9 cm³/mol. The lowest BCUT2D eigenvalue weighted by Crippen LogP contribution is -2.27. The number of pyridine rings is 1. The van der Waals surface area contributed by atoms with Gasteiger partial charge >= 0.3 is 0 Å². The fraction of sp³-hybridized carbons (Fsp3) is 0.400. The van der Waals surface area contributed by atoms with E-state index < -0.39 is 0 Å². The summed E-state index contributed by atoms with van der Waals surface area (Å²) < 4.78 is 0. The molecule has 0 radical (unpaired) electrons. The minimum absolute atomic E-state index is 0.0648. The molecule has 0 aromatic carbocycles. The first kappa shape index (κ1) is 10.5. The highest BCUT2D eigenvalue weighted by Crippen LogP contribution is 2.14. The van der Waals surface area contributed by atoms with Crippen LogP contribution in [0.4, 0.5) is 5.82 Å². The molecule has 1 aromatic heterocycles. The van der Waals surface area contributed by atoms with E-state index in [1.165, 1.54) is 0 Å². The Labute approximate surface area is 83.4 Å². The van der Waals surface area contributed by atoms with Crippen LogP contribution in [0.1, 0.15) is 12.5 Å². The van der Waals surface area contributed by atoms with Crippen molar-refractivity contribution in [3.63, 3.8) is 0 Å². The first-order chi connectivity index (χ1) is 6.83. The van der Waals surface area contributed by atoms with Crippen molar-refractivity contribution in [1.82, 2.24) is 4.98 Å². The second kappa shape index (κ2) is 5.20. The van der Waals surface area contributed by atoms with Gasteiger partial charge in [0.15, 0.2) is 0 Å². The normalized spacial score (nSPS) is 9.50. The van der Waals surface area contributed by atoms with Crippen LogP contribution in [0.2, 0.25) is 0 Å². The molecule has 0 unspecified atom stereocenters. The fourth-order valence-electron chi connectivity index (χ4n) is 1.27. The van der Waals surface area contributed by atoms with E-state index in [1.807, 2.05) is 11.8 Å². The van der Waals surface area contributed by atoms with Crippen molar-refractivity contribution in [2.24, 2.45) is 0 Å². The zero-order valence-electron chi connectivity index (χ0n) is 8.14. The zero-order valence-corrected chi connectivity index (χ0v) is 8.14. The Morgan fingerprint density at radius 1 is 1.64 bits per heavy atom. The van der Waals surface area contributed by atoms with Crippen LogP contribution in [0.25, 0.3) is 0 Å². The molecule has 4 nitrogen and oxygen atoms in total. The molecular formula is C10H13N3O. The molecule has 1 rings (SSSR count).